The van der Waals surface area contributed by atoms with Gasteiger partial charge in [-0.05, 0) is 64.8 Å². The second-order valence-electron chi connectivity index (χ2n) is 11.3. The maximum atomic E-state index is 12.4. The first-order chi connectivity index (χ1) is 29.0. The Morgan fingerprint density at radius 1 is 0.738 bits per heavy atom. The van der Waals surface area contributed by atoms with Crippen molar-refractivity contribution in [1.82, 2.24) is 9.97 Å². The van der Waals surface area contributed by atoms with Crippen LogP contribution in [0.3, 0.4) is 0 Å². The number of nitrogens with one attached hydrogen (secondary N) is 1. The van der Waals surface area contributed by atoms with Crippen LogP contribution in [0.25, 0.3) is 0 Å². The summed E-state index contributed by atoms with van der Waals surface area (Å²) in [5.74, 6) is -4.68. The van der Waals surface area contributed by atoms with Crippen LogP contribution in [0.5, 0.6) is 17.2 Å². The van der Waals surface area contributed by atoms with Gasteiger partial charge in [0.15, 0.2) is 76.6 Å². The molecule has 0 bridgehead atoms. The molecule has 6 aromatic rings. The number of imidazole rings is 1. The lowest BCUT2D eigenvalue weighted by atomic mass is 10.1. The first kappa shape index (κ1) is 50.5. The number of H-pyrrole nitrogens is 1. The number of alkyl halides is 3. The van der Waals surface area contributed by atoms with Crippen LogP contribution in [0.2, 0.25) is 5.02 Å². The Kier molecular flexibility index (Phi) is 20.8. The average Bonchev–Trinajstić information content (AvgIpc) is 3.89. The lowest BCUT2D eigenvalue weighted by Crippen LogP contribution is -2.05. The Balaban J connectivity index is 0.000000275. The van der Waals surface area contributed by atoms with Crippen LogP contribution < -0.4 is 14.2 Å². The van der Waals surface area contributed by atoms with Crippen LogP contribution in [-0.4, -0.2) is 55.6 Å². The van der Waals surface area contributed by atoms with Crippen LogP contribution >= 0.6 is 27.5 Å². The molecule has 61 heavy (non-hydrogen) atoms. The molecular formula is C41H31BrClF7N2O9. The summed E-state index contributed by atoms with van der Waals surface area (Å²) in [6, 6.07) is 18.9. The fourth-order valence-electron chi connectivity index (χ4n) is 4.22. The number of methoxy groups -OCH3 is 2. The number of benzene rings is 4. The number of carbonyl (C=O) groups is 5. The molecule has 0 aliphatic rings. The number of aldehydes is 5. The average molecular weight is 944 g/mol. The number of halogens is 9. The Labute approximate surface area is 355 Å². The van der Waals surface area contributed by atoms with Gasteiger partial charge in [0.1, 0.15) is 18.1 Å². The molecule has 1 N–H and O–H groups in total. The van der Waals surface area contributed by atoms with Gasteiger partial charge in [0.05, 0.1) is 48.0 Å². The highest BCUT2D eigenvalue weighted by molar-refractivity contribution is 9.10. The quantitative estimate of drug-likeness (QED) is 0.0797. The van der Waals surface area contributed by atoms with E-state index in [1.54, 1.807) is 38.3 Å². The van der Waals surface area contributed by atoms with E-state index in [0.717, 1.165) is 42.0 Å². The number of aromatic amines is 1. The highest BCUT2D eigenvalue weighted by Crippen LogP contribution is 2.34. The van der Waals surface area contributed by atoms with Gasteiger partial charge in [-0.2, -0.15) is 13.2 Å². The summed E-state index contributed by atoms with van der Waals surface area (Å²) < 4.78 is 107. The van der Waals surface area contributed by atoms with E-state index in [4.69, 9.17) is 30.2 Å². The van der Waals surface area contributed by atoms with Gasteiger partial charge in [0.25, 0.3) is 0 Å². The number of rotatable bonds is 10. The third-order valence-electron chi connectivity index (χ3n) is 7.29. The molecule has 0 saturated heterocycles. The molecule has 0 aliphatic heterocycles. The van der Waals surface area contributed by atoms with Crippen molar-refractivity contribution < 1.29 is 73.3 Å². The van der Waals surface area contributed by atoms with E-state index >= 15 is 0 Å². The number of ether oxygens (including phenoxy) is 3. The van der Waals surface area contributed by atoms with Gasteiger partial charge >= 0.3 is 6.18 Å². The molecule has 0 aliphatic carbocycles. The summed E-state index contributed by atoms with van der Waals surface area (Å²) in [6.45, 7) is 2.16. The minimum atomic E-state index is -4.44. The van der Waals surface area contributed by atoms with Crippen LogP contribution in [0.15, 0.2) is 94.3 Å². The second kappa shape index (κ2) is 25.1. The molecule has 322 valence electrons. The Bertz CT molecular complexity index is 2370. The number of aryl methyl sites for hydroxylation is 1. The topological polar surface area (TPSA) is 155 Å². The molecular weight excluding hydrogens is 913 g/mol. The van der Waals surface area contributed by atoms with Crippen molar-refractivity contribution in [1.29, 1.82) is 0 Å². The standard InChI is InChI=1S/C16H16O4.C8H4ClF3O.C7H2F4O.C5H3BrO2.C5H6N2O/c1-18-15-8-13(10-17)14(9-16(15)19-2)20-11-12-6-4-3-5-7-12;9-7-2-1-6(8(10,11)12)3-5(7)4-13;8-4-1-5(9)7(11)3(2-12)6(4)10;6-5-2-1-4(3-7)8-5;1-4-5(2-8)7-3-6-4/h3-10H,11H2,1-2H3;1-4H;1-2H;1-3H;2-3H,1H3,(H,6,7). The van der Waals surface area contributed by atoms with E-state index in [2.05, 4.69) is 25.9 Å². The van der Waals surface area contributed by atoms with Gasteiger partial charge in [-0.25, -0.2) is 22.5 Å². The van der Waals surface area contributed by atoms with Crippen LogP contribution in [-0.2, 0) is 12.8 Å². The van der Waals surface area contributed by atoms with Crippen molar-refractivity contribution in [2.24, 2.45) is 0 Å². The lowest BCUT2D eigenvalue weighted by Gasteiger charge is -2.13. The van der Waals surface area contributed by atoms with Crippen LogP contribution in [0.1, 0.15) is 68.9 Å². The molecule has 0 fully saturated rings. The molecule has 0 radical (unpaired) electrons. The van der Waals surface area contributed by atoms with E-state index < -0.39 is 40.6 Å². The van der Waals surface area contributed by atoms with Crippen LogP contribution in [0, 0.1) is 30.2 Å². The van der Waals surface area contributed by atoms with Crippen molar-refractivity contribution in [3.8, 4) is 17.2 Å². The molecule has 2 heterocycles. The number of carbonyl (C=O) groups excluding carboxylic acids is 5. The summed E-state index contributed by atoms with van der Waals surface area (Å²) in [7, 11) is 3.07. The van der Waals surface area contributed by atoms with Gasteiger partial charge in [0, 0.05) is 17.7 Å². The molecule has 11 nitrogen and oxygen atoms in total. The summed E-state index contributed by atoms with van der Waals surface area (Å²) in [5.41, 5.74) is 0.505. The fraction of sp³-hybridized carbons (Fsp3) is 0.122. The minimum Gasteiger partial charge on any atom is -0.493 e. The van der Waals surface area contributed by atoms with Gasteiger partial charge in [0.2, 0.25) is 0 Å². The molecule has 2 aromatic heterocycles. The smallest absolute Gasteiger partial charge is 0.416 e. The van der Waals surface area contributed by atoms with E-state index in [0.29, 0.717) is 51.8 Å². The molecule has 0 saturated carbocycles. The summed E-state index contributed by atoms with van der Waals surface area (Å²) in [5, 5.41) is 0.0167. The zero-order chi connectivity index (χ0) is 45.7. The van der Waals surface area contributed by atoms with E-state index in [1.807, 2.05) is 30.3 Å². The lowest BCUT2D eigenvalue weighted by molar-refractivity contribution is -0.137. The van der Waals surface area contributed by atoms with Crippen molar-refractivity contribution in [3.05, 3.63) is 163 Å². The number of furan rings is 1. The van der Waals surface area contributed by atoms with E-state index in [-0.39, 0.29) is 29.2 Å². The number of aromatic nitrogens is 2. The molecule has 0 amide bonds. The van der Waals surface area contributed by atoms with Gasteiger partial charge in [-0.1, -0.05) is 41.9 Å². The Hall–Kier alpha value is -6.60. The maximum Gasteiger partial charge on any atom is 0.416 e. The van der Waals surface area contributed by atoms with Crippen LogP contribution in [0.4, 0.5) is 30.7 Å². The number of hydrogen-bond acceptors (Lipinski definition) is 10. The largest absolute Gasteiger partial charge is 0.493 e. The normalized spacial score (nSPS) is 10.0. The van der Waals surface area contributed by atoms with E-state index in [9.17, 15) is 54.7 Å². The SMILES string of the molecule is COc1cc(C=O)c(OCc2ccccc2)cc1OC.Cc1nc[nH]c1C=O.O=Cc1c(F)c(F)cc(F)c1F.O=Cc1cc(C(F)(F)F)ccc1Cl.O=Cc1ccc(Br)o1. The van der Waals surface area contributed by atoms with Gasteiger partial charge < -0.3 is 23.6 Å². The summed E-state index contributed by atoms with van der Waals surface area (Å²) in [4.78, 5) is 57.7. The molecule has 0 spiro atoms. The zero-order valence-corrected chi connectivity index (χ0v) is 34.0. The van der Waals surface area contributed by atoms with Gasteiger partial charge in [-0.15, -0.1) is 0 Å². The first-order valence-electron chi connectivity index (χ1n) is 16.6. The third kappa shape index (κ3) is 15.8. The minimum absolute atomic E-state index is 0.0167. The van der Waals surface area contributed by atoms with Crippen molar-refractivity contribution in [2.45, 2.75) is 19.7 Å². The monoisotopic (exact) mass is 942 g/mol. The zero-order valence-electron chi connectivity index (χ0n) is 31.7. The Morgan fingerprint density at radius 2 is 1.34 bits per heavy atom. The fourth-order valence-corrected chi connectivity index (χ4v) is 4.70. The summed E-state index contributed by atoms with van der Waals surface area (Å²) >= 11 is 8.50. The van der Waals surface area contributed by atoms with Crippen molar-refractivity contribution in [3.63, 3.8) is 0 Å². The highest BCUT2D eigenvalue weighted by Gasteiger charge is 2.30. The molecule has 4 aromatic carbocycles. The van der Waals surface area contributed by atoms with Crippen molar-refractivity contribution >= 4 is 59.0 Å². The van der Waals surface area contributed by atoms with Crippen molar-refractivity contribution in [2.75, 3.05) is 14.2 Å². The molecule has 0 unspecified atom stereocenters. The van der Waals surface area contributed by atoms with E-state index in [1.165, 1.54) is 13.4 Å². The number of nitrogens with zero attached hydrogens (tertiary/aromatic N) is 1. The molecule has 6 rings (SSSR count). The third-order valence-corrected chi connectivity index (χ3v) is 8.06. The highest BCUT2D eigenvalue weighted by atomic mass is 79.9. The second-order valence-corrected chi connectivity index (χ2v) is 12.5. The molecule has 20 heteroatoms. The maximum absolute atomic E-state index is 12.4. The predicted octanol–water partition coefficient (Wildman–Crippen LogP) is 10.7. The first-order valence-corrected chi connectivity index (χ1v) is 17.8. The number of hydrogen-bond donors (Lipinski definition) is 1. The Morgan fingerprint density at radius 3 is 1.77 bits per heavy atom. The van der Waals surface area contributed by atoms with Gasteiger partial charge in [-0.3, -0.25) is 24.0 Å². The summed E-state index contributed by atoms with van der Waals surface area (Å²) in [6.07, 6.45) is -0.787. The molecule has 0 atom stereocenters. The predicted molar refractivity (Wildman–Crippen MR) is 210 cm³/mol.